The zero-order chi connectivity index (χ0) is 12.5. The number of carbonyl (C=O) groups excluding carboxylic acids is 1. The first-order chi connectivity index (χ1) is 8.74. The summed E-state index contributed by atoms with van der Waals surface area (Å²) in [6.07, 6.45) is 6.59. The molecule has 0 amide bonds. The molecular weight excluding hydrogens is 292 g/mol. The molecule has 0 spiro atoms. The third kappa shape index (κ3) is 2.33. The van der Waals surface area contributed by atoms with E-state index in [-0.39, 0.29) is 5.78 Å². The van der Waals surface area contributed by atoms with E-state index in [4.69, 9.17) is 4.74 Å². The minimum Gasteiger partial charge on any atom is -0.492 e. The molecule has 0 saturated heterocycles. The number of carbonyl (C=O) groups is 1. The van der Waals surface area contributed by atoms with Crippen LogP contribution in [0, 0.1) is 5.92 Å². The van der Waals surface area contributed by atoms with Crippen molar-refractivity contribution in [3.63, 3.8) is 0 Å². The molecule has 2 nitrogen and oxygen atoms in total. The normalized spacial score (nSPS) is 18.7. The highest BCUT2D eigenvalue weighted by Gasteiger charge is 2.25. The Hall–Kier alpha value is -0.830. The van der Waals surface area contributed by atoms with Crippen molar-refractivity contribution in [3.8, 4) is 5.75 Å². The maximum Gasteiger partial charge on any atom is 0.166 e. The molecule has 0 unspecified atom stereocenters. The molecule has 3 heteroatoms. The topological polar surface area (TPSA) is 26.3 Å². The molecule has 0 aromatic heterocycles. The number of hydrogen-bond acceptors (Lipinski definition) is 2. The van der Waals surface area contributed by atoms with Crippen molar-refractivity contribution in [3.05, 3.63) is 27.7 Å². The van der Waals surface area contributed by atoms with Gasteiger partial charge in [0.15, 0.2) is 5.78 Å². The zero-order valence-corrected chi connectivity index (χ0v) is 12.0. The van der Waals surface area contributed by atoms with E-state index in [2.05, 4.69) is 22.0 Å². The second kappa shape index (κ2) is 5.04. The van der Waals surface area contributed by atoms with E-state index in [1.807, 2.05) is 6.07 Å². The van der Waals surface area contributed by atoms with Crippen LogP contribution < -0.4 is 4.74 Å². The number of Topliss-reactive ketones (excluding diaryl/α,β-unsaturated/α-hetero) is 1. The van der Waals surface area contributed by atoms with Crippen molar-refractivity contribution >= 4 is 21.7 Å². The van der Waals surface area contributed by atoms with Crippen LogP contribution in [0.4, 0.5) is 0 Å². The lowest BCUT2D eigenvalue weighted by Gasteiger charge is -2.11. The number of ether oxygens (including phenoxy) is 1. The average molecular weight is 309 g/mol. The number of halogens is 1. The van der Waals surface area contributed by atoms with E-state index in [1.54, 1.807) is 0 Å². The van der Waals surface area contributed by atoms with Gasteiger partial charge in [0.05, 0.1) is 12.2 Å². The van der Waals surface area contributed by atoms with Crippen molar-refractivity contribution in [1.82, 2.24) is 0 Å². The first-order valence-corrected chi connectivity index (χ1v) is 7.52. The van der Waals surface area contributed by atoms with Crippen LogP contribution in [0.15, 0.2) is 16.6 Å². The predicted molar refractivity (Wildman–Crippen MR) is 74.2 cm³/mol. The van der Waals surface area contributed by atoms with Crippen LogP contribution in [0.3, 0.4) is 0 Å². The van der Waals surface area contributed by atoms with Gasteiger partial charge in [0.25, 0.3) is 0 Å². The first kappa shape index (κ1) is 12.2. The molecule has 18 heavy (non-hydrogen) atoms. The predicted octanol–water partition coefficient (Wildman–Crippen LogP) is 4.15. The molecule has 0 radical (unpaired) electrons. The number of fused-ring (bicyclic) bond motifs is 1. The highest BCUT2D eigenvalue weighted by atomic mass is 79.9. The van der Waals surface area contributed by atoms with Gasteiger partial charge in [-0.1, -0.05) is 41.6 Å². The fraction of sp³-hybridized carbons (Fsp3) is 0.533. The molecule has 1 aromatic rings. The average Bonchev–Trinajstić information content (AvgIpc) is 2.97. The second-order valence-corrected chi connectivity index (χ2v) is 6.23. The molecule has 3 rings (SSSR count). The number of hydrogen-bond donors (Lipinski definition) is 0. The summed E-state index contributed by atoms with van der Waals surface area (Å²) < 4.78 is 6.62. The number of ketones is 1. The van der Waals surface area contributed by atoms with Crippen LogP contribution in [0.5, 0.6) is 5.75 Å². The van der Waals surface area contributed by atoms with Crippen LogP contribution in [0.2, 0.25) is 0 Å². The molecule has 0 atom stereocenters. The van der Waals surface area contributed by atoms with Gasteiger partial charge < -0.3 is 4.74 Å². The van der Waals surface area contributed by atoms with Crippen LogP contribution in [-0.4, -0.2) is 12.4 Å². The van der Waals surface area contributed by atoms with Gasteiger partial charge >= 0.3 is 0 Å². The van der Waals surface area contributed by atoms with Crippen molar-refractivity contribution in [1.29, 1.82) is 0 Å². The Morgan fingerprint density at radius 3 is 2.89 bits per heavy atom. The van der Waals surface area contributed by atoms with Crippen LogP contribution >= 0.6 is 15.9 Å². The molecule has 96 valence electrons. The molecular formula is C15H17BrO2. The molecule has 1 fully saturated rings. The van der Waals surface area contributed by atoms with E-state index in [1.165, 1.54) is 31.2 Å². The monoisotopic (exact) mass is 308 g/mol. The van der Waals surface area contributed by atoms with E-state index in [0.717, 1.165) is 22.2 Å². The maximum atomic E-state index is 12.4. The van der Waals surface area contributed by atoms with E-state index >= 15 is 0 Å². The summed E-state index contributed by atoms with van der Waals surface area (Å²) in [5.74, 6) is 1.68. The fourth-order valence-electron chi connectivity index (χ4n) is 3.06. The van der Waals surface area contributed by atoms with E-state index < -0.39 is 0 Å². The summed E-state index contributed by atoms with van der Waals surface area (Å²) in [4.78, 5) is 12.4. The van der Waals surface area contributed by atoms with Crippen molar-refractivity contribution in [2.24, 2.45) is 5.92 Å². The zero-order valence-electron chi connectivity index (χ0n) is 10.4. The van der Waals surface area contributed by atoms with Gasteiger partial charge in [0, 0.05) is 17.3 Å². The van der Waals surface area contributed by atoms with Gasteiger partial charge in [-0.25, -0.2) is 0 Å². The molecule has 0 N–H and O–H groups in total. The van der Waals surface area contributed by atoms with Gasteiger partial charge in [-0.3, -0.25) is 4.79 Å². The van der Waals surface area contributed by atoms with Gasteiger partial charge in [-0.15, -0.1) is 0 Å². The summed E-state index contributed by atoms with van der Waals surface area (Å²) >= 11 is 3.49. The fourth-order valence-corrected chi connectivity index (χ4v) is 3.57. The summed E-state index contributed by atoms with van der Waals surface area (Å²) in [5, 5.41) is 0. The van der Waals surface area contributed by atoms with Crippen molar-refractivity contribution in [2.75, 3.05) is 6.61 Å². The summed E-state index contributed by atoms with van der Waals surface area (Å²) in [6, 6.07) is 3.98. The highest BCUT2D eigenvalue weighted by Crippen LogP contribution is 2.36. The largest absolute Gasteiger partial charge is 0.492 e. The Bertz CT molecular complexity index is 476. The Morgan fingerprint density at radius 2 is 2.11 bits per heavy atom. The molecule has 0 bridgehead atoms. The van der Waals surface area contributed by atoms with E-state index in [9.17, 15) is 4.79 Å². The number of rotatable bonds is 3. The minimum atomic E-state index is 0.251. The quantitative estimate of drug-likeness (QED) is 0.784. The summed E-state index contributed by atoms with van der Waals surface area (Å²) in [5.41, 5.74) is 1.95. The lowest BCUT2D eigenvalue weighted by Crippen LogP contribution is -2.07. The third-order valence-electron chi connectivity index (χ3n) is 4.00. The lowest BCUT2D eigenvalue weighted by molar-refractivity contribution is 0.0959. The first-order valence-electron chi connectivity index (χ1n) is 6.72. The van der Waals surface area contributed by atoms with Gasteiger partial charge in [-0.2, -0.15) is 0 Å². The molecule has 1 saturated carbocycles. The molecule has 2 aliphatic rings. The smallest absolute Gasteiger partial charge is 0.166 e. The second-order valence-electron chi connectivity index (χ2n) is 5.32. The third-order valence-corrected chi connectivity index (χ3v) is 4.46. The van der Waals surface area contributed by atoms with Gasteiger partial charge in [-0.05, 0) is 23.6 Å². The molecule has 1 heterocycles. The maximum absolute atomic E-state index is 12.4. The SMILES string of the molecule is O=C(CC1CCCC1)c1cc(Br)cc2c1OCC2. The Morgan fingerprint density at radius 1 is 1.33 bits per heavy atom. The number of benzene rings is 1. The molecule has 1 aromatic carbocycles. The highest BCUT2D eigenvalue weighted by molar-refractivity contribution is 9.10. The summed E-state index contributed by atoms with van der Waals surface area (Å²) in [6.45, 7) is 0.704. The molecule has 1 aliphatic carbocycles. The van der Waals surface area contributed by atoms with Crippen LogP contribution in [0.25, 0.3) is 0 Å². The standard InChI is InChI=1S/C15H17BrO2/c16-12-8-11-5-6-18-15(11)13(9-12)14(17)7-10-3-1-2-4-10/h8-10H,1-7H2. The van der Waals surface area contributed by atoms with Gasteiger partial charge in [0.1, 0.15) is 5.75 Å². The van der Waals surface area contributed by atoms with Crippen molar-refractivity contribution < 1.29 is 9.53 Å². The minimum absolute atomic E-state index is 0.251. The Kier molecular flexibility index (Phi) is 3.42. The van der Waals surface area contributed by atoms with Crippen molar-refractivity contribution in [2.45, 2.75) is 38.5 Å². The van der Waals surface area contributed by atoms with Crippen LogP contribution in [0.1, 0.15) is 48.0 Å². The lowest BCUT2D eigenvalue weighted by atomic mass is 9.95. The Labute approximate surface area is 116 Å². The van der Waals surface area contributed by atoms with Crippen LogP contribution in [-0.2, 0) is 6.42 Å². The van der Waals surface area contributed by atoms with E-state index in [0.29, 0.717) is 18.9 Å². The van der Waals surface area contributed by atoms with Gasteiger partial charge in [0.2, 0.25) is 0 Å². The molecule has 1 aliphatic heterocycles. The summed E-state index contributed by atoms with van der Waals surface area (Å²) in [7, 11) is 0. The Balaban J connectivity index is 1.84.